The van der Waals surface area contributed by atoms with Gasteiger partial charge in [-0.3, -0.25) is 9.36 Å². The summed E-state index contributed by atoms with van der Waals surface area (Å²) < 4.78 is 15.9. The number of unbranched alkanes of at least 4 members (excludes halogenated alkanes) is 1. The Morgan fingerprint density at radius 1 is 1.20 bits per heavy atom. The predicted octanol–water partition coefficient (Wildman–Crippen LogP) is 5.20. The predicted molar refractivity (Wildman–Crippen MR) is 119 cm³/mol. The van der Waals surface area contributed by atoms with Gasteiger partial charge >= 0.3 is 0 Å². The minimum atomic E-state index is -0.247. The van der Waals surface area contributed by atoms with Crippen molar-refractivity contribution in [3.05, 3.63) is 70.8 Å². The molecule has 1 amide bonds. The molecular formula is C22H24ClFN4OS. The highest BCUT2D eigenvalue weighted by Gasteiger charge is 2.16. The maximum Gasteiger partial charge on any atom is 0.220 e. The first-order valence-electron chi connectivity index (χ1n) is 9.91. The Bertz CT molecular complexity index is 995. The second-order valence-electron chi connectivity index (χ2n) is 6.80. The lowest BCUT2D eigenvalue weighted by molar-refractivity contribution is -0.121. The minimum absolute atomic E-state index is 0.00958. The molecule has 2 aromatic carbocycles. The van der Waals surface area contributed by atoms with E-state index in [9.17, 15) is 9.18 Å². The van der Waals surface area contributed by atoms with E-state index in [0.717, 1.165) is 18.5 Å². The zero-order chi connectivity index (χ0) is 21.3. The van der Waals surface area contributed by atoms with Gasteiger partial charge < -0.3 is 5.32 Å². The minimum Gasteiger partial charge on any atom is -0.356 e. The molecule has 30 heavy (non-hydrogen) atoms. The van der Waals surface area contributed by atoms with Crippen molar-refractivity contribution in [3.63, 3.8) is 0 Å². The molecule has 0 saturated heterocycles. The summed E-state index contributed by atoms with van der Waals surface area (Å²) in [5.74, 6) is 0.828. The number of nitrogens with one attached hydrogen (secondary N) is 1. The standard InChI is InChI=1S/C22H24ClFN4OS/c1-2-3-13-25-21(29)12-11-20-26-27-22(28(20)18-9-6-8-17(23)14-18)30-15-16-7-4-5-10-19(16)24/h4-10,14H,2-3,11-13,15H2,1H3,(H,25,29). The third-order valence-electron chi connectivity index (χ3n) is 4.51. The van der Waals surface area contributed by atoms with Gasteiger partial charge in [0.1, 0.15) is 11.6 Å². The summed E-state index contributed by atoms with van der Waals surface area (Å²) in [7, 11) is 0. The molecule has 0 bridgehead atoms. The van der Waals surface area contributed by atoms with Gasteiger partial charge in [-0.25, -0.2) is 4.39 Å². The lowest BCUT2D eigenvalue weighted by atomic mass is 10.2. The first-order valence-corrected chi connectivity index (χ1v) is 11.3. The summed E-state index contributed by atoms with van der Waals surface area (Å²) in [6.45, 7) is 2.76. The van der Waals surface area contributed by atoms with E-state index in [1.807, 2.05) is 28.8 Å². The summed E-state index contributed by atoms with van der Waals surface area (Å²) in [4.78, 5) is 12.1. The zero-order valence-corrected chi connectivity index (χ0v) is 18.3. The maximum atomic E-state index is 14.0. The molecule has 3 rings (SSSR count). The third kappa shape index (κ3) is 6.06. The number of amides is 1. The normalized spacial score (nSPS) is 10.9. The molecule has 0 aliphatic rings. The number of halogens is 2. The smallest absolute Gasteiger partial charge is 0.220 e. The number of nitrogens with zero attached hydrogens (tertiary/aromatic N) is 3. The summed E-state index contributed by atoms with van der Waals surface area (Å²) in [6, 6.07) is 14.1. The molecular weight excluding hydrogens is 423 g/mol. The van der Waals surface area contributed by atoms with Gasteiger partial charge in [0.05, 0.1) is 5.69 Å². The van der Waals surface area contributed by atoms with Crippen LogP contribution in [0, 0.1) is 5.82 Å². The van der Waals surface area contributed by atoms with Crippen LogP contribution in [-0.2, 0) is 17.0 Å². The number of carbonyl (C=O) groups excluding carboxylic acids is 1. The Balaban J connectivity index is 1.79. The largest absolute Gasteiger partial charge is 0.356 e. The lowest BCUT2D eigenvalue weighted by Crippen LogP contribution is -2.24. The summed E-state index contributed by atoms with van der Waals surface area (Å²) in [5.41, 5.74) is 1.41. The Morgan fingerprint density at radius 3 is 2.80 bits per heavy atom. The van der Waals surface area contributed by atoms with E-state index in [-0.39, 0.29) is 11.7 Å². The fourth-order valence-electron chi connectivity index (χ4n) is 2.91. The van der Waals surface area contributed by atoms with E-state index in [1.165, 1.54) is 17.8 Å². The molecule has 0 aliphatic carbocycles. The number of thioether (sulfide) groups is 1. The zero-order valence-electron chi connectivity index (χ0n) is 16.8. The number of aromatic nitrogens is 3. The second-order valence-corrected chi connectivity index (χ2v) is 8.18. The molecule has 3 aromatic rings. The number of hydrogen-bond donors (Lipinski definition) is 1. The summed E-state index contributed by atoms with van der Waals surface area (Å²) in [5, 5.41) is 12.7. The highest BCUT2D eigenvalue weighted by atomic mass is 35.5. The Labute approximate surface area is 185 Å². The van der Waals surface area contributed by atoms with Gasteiger partial charge in [0.2, 0.25) is 5.91 Å². The van der Waals surface area contributed by atoms with Crippen LogP contribution in [0.5, 0.6) is 0 Å². The summed E-state index contributed by atoms with van der Waals surface area (Å²) >= 11 is 7.58. The topological polar surface area (TPSA) is 59.8 Å². The van der Waals surface area contributed by atoms with Crippen LogP contribution >= 0.6 is 23.4 Å². The Morgan fingerprint density at radius 2 is 2.03 bits per heavy atom. The highest BCUT2D eigenvalue weighted by Crippen LogP contribution is 2.27. The van der Waals surface area contributed by atoms with Crippen molar-refractivity contribution in [1.82, 2.24) is 20.1 Å². The first kappa shape index (κ1) is 22.3. The lowest BCUT2D eigenvalue weighted by Gasteiger charge is -2.11. The van der Waals surface area contributed by atoms with Gasteiger partial charge in [-0.05, 0) is 36.2 Å². The Kier molecular flexibility index (Phi) is 8.28. The fourth-order valence-corrected chi connectivity index (χ4v) is 4.05. The van der Waals surface area contributed by atoms with Crippen LogP contribution < -0.4 is 5.32 Å². The summed E-state index contributed by atoms with van der Waals surface area (Å²) in [6.07, 6.45) is 2.76. The Hall–Kier alpha value is -2.38. The van der Waals surface area contributed by atoms with Crippen LogP contribution in [0.15, 0.2) is 53.7 Å². The first-order chi connectivity index (χ1) is 14.6. The van der Waals surface area contributed by atoms with Crippen molar-refractivity contribution in [3.8, 4) is 5.69 Å². The number of benzene rings is 2. The van der Waals surface area contributed by atoms with Gasteiger partial charge in [0.25, 0.3) is 0 Å². The molecule has 0 atom stereocenters. The van der Waals surface area contributed by atoms with Crippen molar-refractivity contribution in [1.29, 1.82) is 0 Å². The molecule has 1 heterocycles. The van der Waals surface area contributed by atoms with E-state index in [0.29, 0.717) is 46.7 Å². The monoisotopic (exact) mass is 446 g/mol. The maximum absolute atomic E-state index is 14.0. The van der Waals surface area contributed by atoms with Crippen molar-refractivity contribution in [2.24, 2.45) is 0 Å². The molecule has 0 spiro atoms. The molecule has 0 unspecified atom stereocenters. The number of hydrogen-bond acceptors (Lipinski definition) is 4. The second kappa shape index (κ2) is 11.1. The molecule has 0 aliphatic heterocycles. The average Bonchev–Trinajstić information content (AvgIpc) is 3.15. The van der Waals surface area contributed by atoms with E-state index in [4.69, 9.17) is 11.6 Å². The van der Waals surface area contributed by atoms with Crippen molar-refractivity contribution in [2.75, 3.05) is 6.54 Å². The van der Waals surface area contributed by atoms with Gasteiger partial charge in [0.15, 0.2) is 5.16 Å². The molecule has 0 saturated carbocycles. The van der Waals surface area contributed by atoms with Crippen LogP contribution in [0.3, 0.4) is 0 Å². The van der Waals surface area contributed by atoms with Gasteiger partial charge in [0, 0.05) is 30.2 Å². The van der Waals surface area contributed by atoms with Gasteiger partial charge in [-0.1, -0.05) is 61.0 Å². The average molecular weight is 447 g/mol. The third-order valence-corrected chi connectivity index (χ3v) is 5.72. The molecule has 5 nitrogen and oxygen atoms in total. The molecule has 1 N–H and O–H groups in total. The van der Waals surface area contributed by atoms with Crippen LogP contribution in [0.25, 0.3) is 5.69 Å². The fraction of sp³-hybridized carbons (Fsp3) is 0.318. The number of carbonyl (C=O) groups is 1. The van der Waals surface area contributed by atoms with E-state index in [2.05, 4.69) is 22.4 Å². The van der Waals surface area contributed by atoms with Gasteiger partial charge in [-0.2, -0.15) is 0 Å². The molecule has 0 radical (unpaired) electrons. The van der Waals surface area contributed by atoms with E-state index in [1.54, 1.807) is 18.2 Å². The van der Waals surface area contributed by atoms with Crippen LogP contribution in [0.4, 0.5) is 4.39 Å². The number of rotatable bonds is 10. The molecule has 158 valence electrons. The van der Waals surface area contributed by atoms with Gasteiger partial charge in [-0.15, -0.1) is 10.2 Å². The van der Waals surface area contributed by atoms with Crippen LogP contribution in [0.1, 0.15) is 37.6 Å². The van der Waals surface area contributed by atoms with E-state index < -0.39 is 0 Å². The van der Waals surface area contributed by atoms with E-state index >= 15 is 0 Å². The van der Waals surface area contributed by atoms with Crippen LogP contribution in [0.2, 0.25) is 5.02 Å². The molecule has 0 fully saturated rings. The van der Waals surface area contributed by atoms with Crippen molar-refractivity contribution < 1.29 is 9.18 Å². The highest BCUT2D eigenvalue weighted by molar-refractivity contribution is 7.98. The van der Waals surface area contributed by atoms with Crippen LogP contribution in [-0.4, -0.2) is 27.2 Å². The van der Waals surface area contributed by atoms with Crippen molar-refractivity contribution in [2.45, 2.75) is 43.5 Å². The quantitative estimate of drug-likeness (QED) is 0.343. The number of aryl methyl sites for hydroxylation is 1. The molecule has 1 aromatic heterocycles. The molecule has 8 heteroatoms. The SMILES string of the molecule is CCCCNC(=O)CCc1nnc(SCc2ccccc2F)n1-c1cccc(Cl)c1. The van der Waals surface area contributed by atoms with Crippen molar-refractivity contribution >= 4 is 29.3 Å².